The van der Waals surface area contributed by atoms with Crippen molar-refractivity contribution >= 4 is 127 Å². The predicted octanol–water partition coefficient (Wildman–Crippen LogP) is 19.5. The van der Waals surface area contributed by atoms with Crippen molar-refractivity contribution in [1.82, 2.24) is 29.9 Å². The number of aromatic nitrogens is 6. The van der Waals surface area contributed by atoms with Gasteiger partial charge in [-0.25, -0.2) is 67.0 Å². The Morgan fingerprint density at radius 2 is 0.797 bits per heavy atom. The number of benzene rings is 3. The summed E-state index contributed by atoms with van der Waals surface area (Å²) in [6, 6.07) is 11.8. The Morgan fingerprint density at radius 3 is 1.15 bits per heavy atom. The number of alkyl halides is 3. The number of esters is 3. The minimum absolute atomic E-state index is 0. The van der Waals surface area contributed by atoms with Crippen LogP contribution in [0.4, 0.5) is 53.4 Å². The van der Waals surface area contributed by atoms with Gasteiger partial charge in [0.15, 0.2) is 29.0 Å². The first-order chi connectivity index (χ1) is 60.4. The topological polar surface area (TPSA) is 428 Å². The summed E-state index contributed by atoms with van der Waals surface area (Å²) in [6.45, 7) is 33.2. The summed E-state index contributed by atoms with van der Waals surface area (Å²) in [7, 11) is -5.98. The van der Waals surface area contributed by atoms with Gasteiger partial charge in [0.2, 0.25) is 0 Å². The molecule has 0 spiro atoms. The van der Waals surface area contributed by atoms with Crippen molar-refractivity contribution in [2.45, 2.75) is 279 Å². The number of allylic oxidation sites excluding steroid dienone is 8. The van der Waals surface area contributed by atoms with Gasteiger partial charge in [-0.1, -0.05) is 18.2 Å². The van der Waals surface area contributed by atoms with E-state index < -0.39 is 103 Å². The van der Waals surface area contributed by atoms with Crippen LogP contribution in [0.25, 0.3) is 44.9 Å². The van der Waals surface area contributed by atoms with E-state index in [1.807, 2.05) is 27.7 Å². The average Bonchev–Trinajstić information content (AvgIpc) is 1.35. The normalized spacial score (nSPS) is 16.2. The van der Waals surface area contributed by atoms with Gasteiger partial charge in [0.1, 0.15) is 96.1 Å². The van der Waals surface area contributed by atoms with Crippen LogP contribution < -0.4 is 16.4 Å². The number of imide groups is 1. The fourth-order valence-electron chi connectivity index (χ4n) is 12.5. The van der Waals surface area contributed by atoms with Gasteiger partial charge in [0.05, 0.1) is 64.3 Å². The quantitative estimate of drug-likeness (QED) is 0.0168. The first kappa shape index (κ1) is 113. The number of rotatable bonds is 12. The summed E-state index contributed by atoms with van der Waals surface area (Å²) in [5.41, 5.74) is 5.45. The van der Waals surface area contributed by atoms with Crippen molar-refractivity contribution in [1.29, 1.82) is 0 Å². The van der Waals surface area contributed by atoms with Crippen LogP contribution >= 0.6 is 15.9 Å². The molecular formula is C93H112BBrF6N9O21PdS-. The molecule has 133 heavy (non-hydrogen) atoms. The number of anilines is 3. The van der Waals surface area contributed by atoms with Gasteiger partial charge >= 0.3 is 52.8 Å². The van der Waals surface area contributed by atoms with Crippen LogP contribution in [0.2, 0.25) is 0 Å². The number of Topliss-reactive ketones (excluding diaryl/α,β-unsaturated/α-hetero) is 2. The van der Waals surface area contributed by atoms with Gasteiger partial charge in [-0.05, 0) is 270 Å². The molecule has 0 unspecified atom stereocenters. The van der Waals surface area contributed by atoms with Crippen molar-refractivity contribution in [3.8, 4) is 33.8 Å². The fraction of sp³-hybridized carbons (Fsp3) is 0.462. The molecule has 5 aliphatic carbocycles. The number of ether oxygens (including phenoxy) is 5. The second-order valence-corrected chi connectivity index (χ2v) is 39.2. The molecule has 4 heterocycles. The number of nitrogens with two attached hydrogens (primary N) is 2. The molecule has 2 fully saturated rings. The van der Waals surface area contributed by atoms with E-state index in [0.29, 0.717) is 93.9 Å². The molecule has 40 heteroatoms. The molecule has 12 rings (SSSR count). The number of ketones is 6. The van der Waals surface area contributed by atoms with E-state index in [0.717, 1.165) is 55.3 Å². The zero-order valence-corrected chi connectivity index (χ0v) is 81.8. The van der Waals surface area contributed by atoms with Crippen molar-refractivity contribution < 1.29 is 145 Å². The van der Waals surface area contributed by atoms with Crippen molar-refractivity contribution in [3.63, 3.8) is 0 Å². The van der Waals surface area contributed by atoms with Crippen molar-refractivity contribution in [3.05, 3.63) is 166 Å². The molecule has 0 radical (unpaired) electrons. The molecule has 3 aromatic heterocycles. The molecule has 3 aromatic carbocycles. The van der Waals surface area contributed by atoms with Gasteiger partial charge in [-0.15, -0.1) is 0 Å². The molecule has 30 nitrogen and oxygen atoms in total. The Hall–Kier alpha value is -10.9. The number of nitrogen functional groups attached to an aromatic ring is 2. The number of carbonyl (C=O) groups is 11. The predicted molar refractivity (Wildman–Crippen MR) is 484 cm³/mol. The molecule has 0 bridgehead atoms. The van der Waals surface area contributed by atoms with Crippen molar-refractivity contribution in [2.75, 3.05) is 16.4 Å². The monoisotopic (exact) mass is 2030 g/mol. The number of amides is 2. The van der Waals surface area contributed by atoms with E-state index in [4.69, 9.17) is 44.5 Å². The minimum atomic E-state index is -5.64. The van der Waals surface area contributed by atoms with Crippen LogP contribution in [0.3, 0.4) is 0 Å². The number of hydrogen-bond acceptors (Lipinski definition) is 29. The van der Waals surface area contributed by atoms with E-state index in [1.54, 1.807) is 128 Å². The molecule has 6 aromatic rings. The molecule has 2 amide bonds. The van der Waals surface area contributed by atoms with Gasteiger partial charge in [0.25, 0.3) is 0 Å². The number of hydrogen-bond donors (Lipinski definition) is 2. The van der Waals surface area contributed by atoms with Crippen LogP contribution in [0.1, 0.15) is 277 Å². The number of halogens is 7. The van der Waals surface area contributed by atoms with E-state index in [1.165, 1.54) is 61.1 Å². The summed E-state index contributed by atoms with van der Waals surface area (Å²) in [5, 5.41) is 0. The SMILES string of the molecule is CC(C)(C)OC(=O)c1ccc(-c2nc(Br)cnc2N)cc1F.CC(C)(C)OC(=O)c1ccc(-c2nc(C3=CC(=O)CCC3)cnc2N(C(=O)OC(C)(C)C)C(=O)OC(C)(C)C)cc1F.CC(C)(C)OC(=O)c1ccc(-c2nc(C3=CC(=O)CCC3)cnc2N)cc1F.CC1(C)OB(C2=CC(=O)CCC2)OC1(C)C.O=C1C=C(OS(=O)(=O)C(F)(F)F)CCC1.O=C1CCCC(=O)C1.[CH3-].[Pd]. The summed E-state index contributed by atoms with van der Waals surface area (Å²) < 4.78 is 143. The largest absolute Gasteiger partial charge is 0.534 e. The standard InChI is InChI=1S/C31H38FN3O7.C21H22FN3O3.C15H15BrFN3O2.C12H19BO3.C7H7F3O4S.C6H8O2.CH3.Pd/c1-29(2,3)40-26(37)21-14-13-19(16-22(21)32)24-25(33-17-23(34-24)18-11-10-12-20(36)15-18)35(27(38)41-30(4,5)6)28(39)42-31(7,8)9;1-21(2,3)28-20(27)15-8-7-13(10-16(15)22)18-19(23)24-11-17(25-18)12-5-4-6-14(26)9-12;1-15(2,3)22-14(21)9-5-4-8(6-10(9)17)12-13(18)19-7-11(16)20-12;1-11(2)12(3,4)16-13(15-11)9-6-5-7-10(14)8-9;8-7(9,10)15(12,13)14-6-3-1-2-5(11)4-6;7-5-2-1-3-6(8)4-5;;/h13-17H,10-12H2,1-9H3;7-11H,4-6H2,1-3H3,(H2,23,24);4-7H,1-3H3,(H2,18,19);8H,5-7H2,1-4H3;4H,1-3H2;1-4H2;1H3;/q;;;;;;-1;. The minimum Gasteiger partial charge on any atom is -0.456 e. The van der Waals surface area contributed by atoms with Crippen molar-refractivity contribution in [2.24, 2.45) is 0 Å². The summed E-state index contributed by atoms with van der Waals surface area (Å²) in [6.07, 6.45) is 16.4. The Kier molecular flexibility index (Phi) is 39.2. The molecular weight excluding hydrogens is 1920 g/mol. The molecule has 6 aliphatic rings. The second kappa shape index (κ2) is 46.4. The average molecular weight is 2040 g/mol. The summed E-state index contributed by atoms with van der Waals surface area (Å²) in [4.78, 5) is 157. The van der Waals surface area contributed by atoms with Gasteiger partial charge in [-0.3, -0.25) is 28.8 Å². The van der Waals surface area contributed by atoms with E-state index in [2.05, 4.69) is 50.0 Å². The molecule has 1 aliphatic heterocycles. The van der Waals surface area contributed by atoms with E-state index in [-0.39, 0.29) is 146 Å². The molecule has 1 saturated heterocycles. The maximum atomic E-state index is 15.4. The maximum absolute atomic E-state index is 15.4. The maximum Gasteiger partial charge on any atom is 0.534 e. The third-order valence-electron chi connectivity index (χ3n) is 19.1. The van der Waals surface area contributed by atoms with Crippen LogP contribution in [-0.4, -0.2) is 155 Å². The Balaban J connectivity index is 0.000000300. The first-order valence-electron chi connectivity index (χ1n) is 41.9. The van der Waals surface area contributed by atoms with E-state index >= 15 is 4.39 Å². The molecule has 4 N–H and O–H groups in total. The third kappa shape index (κ3) is 34.5. The molecule has 1 saturated carbocycles. The molecule has 724 valence electrons. The Labute approximate surface area is 792 Å². The fourth-order valence-corrected chi connectivity index (χ4v) is 13.3. The zero-order valence-electron chi connectivity index (χ0n) is 77.9. The molecule has 0 atom stereocenters. The summed E-state index contributed by atoms with van der Waals surface area (Å²) >= 11 is 3.19. The summed E-state index contributed by atoms with van der Waals surface area (Å²) in [5.74, 6) is -5.13. The Bertz CT molecular complexity index is 5580. The van der Waals surface area contributed by atoms with Crippen LogP contribution in [-0.2, 0) is 96.5 Å². The van der Waals surface area contributed by atoms with Gasteiger partial charge in [0, 0.05) is 88.1 Å². The van der Waals surface area contributed by atoms with Crippen LogP contribution in [0, 0.1) is 24.9 Å². The third-order valence-corrected chi connectivity index (χ3v) is 20.5. The van der Waals surface area contributed by atoms with Crippen LogP contribution in [0.5, 0.6) is 0 Å². The number of nitrogens with zero attached hydrogens (tertiary/aromatic N) is 7. The smallest absolute Gasteiger partial charge is 0.456 e. The van der Waals surface area contributed by atoms with Crippen LogP contribution in [0.15, 0.2) is 113 Å². The zero-order chi connectivity index (χ0) is 98.2. The second-order valence-electron chi connectivity index (χ2n) is 36.9. The number of carbonyl (C=O) groups excluding carboxylic acids is 11. The van der Waals surface area contributed by atoms with Gasteiger partial charge in [-0.2, -0.15) is 26.5 Å². The van der Waals surface area contributed by atoms with E-state index in [9.17, 15) is 83.1 Å². The Morgan fingerprint density at radius 1 is 0.459 bits per heavy atom. The van der Waals surface area contributed by atoms with Gasteiger partial charge < -0.3 is 56.1 Å². The first-order valence-corrected chi connectivity index (χ1v) is 44.1.